The number of rotatable bonds is 4. The van der Waals surface area contributed by atoms with Gasteiger partial charge in [0.1, 0.15) is 5.82 Å². The van der Waals surface area contributed by atoms with Crippen LogP contribution in [0.15, 0.2) is 24.3 Å². The number of nitrogens with zero attached hydrogens (tertiary/aromatic N) is 1. The number of halogens is 1. The molecule has 0 aliphatic heterocycles. The topological polar surface area (TPSA) is 50.1 Å². The smallest absolute Gasteiger partial charge is 0.338 e. The molecule has 0 saturated heterocycles. The van der Waals surface area contributed by atoms with Gasteiger partial charge in [-0.2, -0.15) is 5.26 Å². The summed E-state index contributed by atoms with van der Waals surface area (Å²) in [5.74, 6) is -0.848. The number of hydrogen-bond donors (Lipinski definition) is 0. The second kappa shape index (κ2) is 4.54. The second-order valence-corrected chi connectivity index (χ2v) is 4.42. The van der Waals surface area contributed by atoms with E-state index in [1.165, 1.54) is 24.3 Å². The van der Waals surface area contributed by atoms with Crippen molar-refractivity contribution in [2.24, 2.45) is 5.41 Å². The standard InChI is InChI=1S/C13H12FNO2/c14-11-3-1-10(2-4-11)12(16)17-9-13(5-6-13)7-8-15/h1-4H,5-7,9H2. The molecule has 0 unspecified atom stereocenters. The zero-order chi connectivity index (χ0) is 12.3. The lowest BCUT2D eigenvalue weighted by molar-refractivity contribution is 0.0419. The molecular weight excluding hydrogens is 221 g/mol. The SMILES string of the molecule is N#CCC1(COC(=O)c2ccc(F)cc2)CC1. The van der Waals surface area contributed by atoms with Crippen molar-refractivity contribution < 1.29 is 13.9 Å². The number of hydrogen-bond acceptors (Lipinski definition) is 3. The lowest BCUT2D eigenvalue weighted by Gasteiger charge is -2.11. The zero-order valence-corrected chi connectivity index (χ0v) is 9.28. The summed E-state index contributed by atoms with van der Waals surface area (Å²) >= 11 is 0. The van der Waals surface area contributed by atoms with Gasteiger partial charge in [0.05, 0.1) is 18.2 Å². The number of carbonyl (C=O) groups excluding carboxylic acids is 1. The normalized spacial score (nSPS) is 16.0. The summed E-state index contributed by atoms with van der Waals surface area (Å²) in [6.07, 6.45) is 2.28. The predicted molar refractivity (Wildman–Crippen MR) is 58.6 cm³/mol. The predicted octanol–water partition coefficient (Wildman–Crippen LogP) is 2.68. The molecule has 1 aliphatic rings. The van der Waals surface area contributed by atoms with Crippen LogP contribution in [0.4, 0.5) is 4.39 Å². The van der Waals surface area contributed by atoms with Crippen molar-refractivity contribution in [3.05, 3.63) is 35.6 Å². The van der Waals surface area contributed by atoms with Crippen molar-refractivity contribution in [1.82, 2.24) is 0 Å². The van der Waals surface area contributed by atoms with Crippen molar-refractivity contribution >= 4 is 5.97 Å². The van der Waals surface area contributed by atoms with E-state index in [0.717, 1.165) is 12.8 Å². The van der Waals surface area contributed by atoms with Crippen LogP contribution in [0.2, 0.25) is 0 Å². The fourth-order valence-corrected chi connectivity index (χ4v) is 1.60. The van der Waals surface area contributed by atoms with Crippen molar-refractivity contribution in [1.29, 1.82) is 5.26 Å². The summed E-state index contributed by atoms with van der Waals surface area (Å²) in [5, 5.41) is 8.62. The molecule has 2 rings (SSSR count). The molecule has 0 N–H and O–H groups in total. The van der Waals surface area contributed by atoms with Gasteiger partial charge < -0.3 is 4.74 Å². The summed E-state index contributed by atoms with van der Waals surface area (Å²) in [7, 11) is 0. The third-order valence-electron chi connectivity index (χ3n) is 3.00. The van der Waals surface area contributed by atoms with Crippen LogP contribution in [0.25, 0.3) is 0 Å². The second-order valence-electron chi connectivity index (χ2n) is 4.42. The Labute approximate surface area is 98.8 Å². The van der Waals surface area contributed by atoms with Gasteiger partial charge in [-0.3, -0.25) is 0 Å². The van der Waals surface area contributed by atoms with Crippen molar-refractivity contribution in [3.8, 4) is 6.07 Å². The molecule has 1 aromatic carbocycles. The number of nitriles is 1. The van der Waals surface area contributed by atoms with Gasteiger partial charge in [-0.15, -0.1) is 0 Å². The highest BCUT2D eigenvalue weighted by atomic mass is 19.1. The molecular formula is C13H12FNO2. The molecule has 1 fully saturated rings. The third-order valence-corrected chi connectivity index (χ3v) is 3.00. The van der Waals surface area contributed by atoms with Crippen LogP contribution in [0, 0.1) is 22.6 Å². The van der Waals surface area contributed by atoms with E-state index in [2.05, 4.69) is 6.07 Å². The van der Waals surface area contributed by atoms with Crippen molar-refractivity contribution in [3.63, 3.8) is 0 Å². The molecule has 4 heteroatoms. The Bertz CT molecular complexity index is 457. The average molecular weight is 233 g/mol. The highest BCUT2D eigenvalue weighted by molar-refractivity contribution is 5.89. The number of ether oxygens (including phenoxy) is 1. The minimum absolute atomic E-state index is 0.121. The lowest BCUT2D eigenvalue weighted by atomic mass is 10.1. The Balaban J connectivity index is 1.90. The Morgan fingerprint density at radius 1 is 1.41 bits per heavy atom. The van der Waals surface area contributed by atoms with Gasteiger partial charge in [0.25, 0.3) is 0 Å². The fourth-order valence-electron chi connectivity index (χ4n) is 1.60. The van der Waals surface area contributed by atoms with Crippen LogP contribution in [0.1, 0.15) is 29.6 Å². The van der Waals surface area contributed by atoms with Gasteiger partial charge in [0.15, 0.2) is 0 Å². The lowest BCUT2D eigenvalue weighted by Crippen LogP contribution is -2.14. The largest absolute Gasteiger partial charge is 0.461 e. The maximum absolute atomic E-state index is 12.6. The van der Waals surface area contributed by atoms with Gasteiger partial charge >= 0.3 is 5.97 Å². The molecule has 0 amide bonds. The quantitative estimate of drug-likeness (QED) is 0.751. The Morgan fingerprint density at radius 2 is 2.06 bits per heavy atom. The van der Waals surface area contributed by atoms with E-state index in [1.54, 1.807) is 0 Å². The fraction of sp³-hybridized carbons (Fsp3) is 0.385. The molecule has 0 spiro atoms. The first-order valence-electron chi connectivity index (χ1n) is 5.45. The molecule has 1 aliphatic carbocycles. The molecule has 0 radical (unpaired) electrons. The van der Waals surface area contributed by atoms with Crippen LogP contribution in [0.5, 0.6) is 0 Å². The van der Waals surface area contributed by atoms with Gasteiger partial charge in [-0.05, 0) is 37.1 Å². The molecule has 0 atom stereocenters. The zero-order valence-electron chi connectivity index (χ0n) is 9.28. The summed E-state index contributed by atoms with van der Waals surface area (Å²) < 4.78 is 17.8. The highest BCUT2D eigenvalue weighted by Gasteiger charge is 2.43. The molecule has 3 nitrogen and oxygen atoms in total. The minimum atomic E-state index is -0.464. The molecule has 0 heterocycles. The first-order valence-corrected chi connectivity index (χ1v) is 5.45. The number of benzene rings is 1. The third kappa shape index (κ3) is 2.82. The minimum Gasteiger partial charge on any atom is -0.461 e. The summed E-state index contributed by atoms with van der Waals surface area (Å²) in [6.45, 7) is 0.275. The van der Waals surface area contributed by atoms with Crippen LogP contribution in [-0.4, -0.2) is 12.6 Å². The number of carbonyl (C=O) groups is 1. The van der Waals surface area contributed by atoms with E-state index in [9.17, 15) is 9.18 Å². The Morgan fingerprint density at radius 3 is 2.59 bits per heavy atom. The van der Waals surface area contributed by atoms with Crippen LogP contribution in [0.3, 0.4) is 0 Å². The molecule has 88 valence electrons. The Kier molecular flexibility index (Phi) is 3.10. The average Bonchev–Trinajstić information content (AvgIpc) is 3.08. The molecule has 0 aromatic heterocycles. The van der Waals surface area contributed by atoms with E-state index < -0.39 is 5.97 Å². The molecule has 17 heavy (non-hydrogen) atoms. The van der Waals surface area contributed by atoms with Crippen molar-refractivity contribution in [2.45, 2.75) is 19.3 Å². The van der Waals surface area contributed by atoms with Crippen LogP contribution >= 0.6 is 0 Å². The van der Waals surface area contributed by atoms with E-state index in [-0.39, 0.29) is 17.8 Å². The summed E-state index contributed by atoms with van der Waals surface area (Å²) in [6, 6.07) is 7.32. The van der Waals surface area contributed by atoms with Gasteiger partial charge in [-0.1, -0.05) is 0 Å². The van der Waals surface area contributed by atoms with Gasteiger partial charge in [0.2, 0.25) is 0 Å². The first-order chi connectivity index (χ1) is 8.15. The molecule has 1 aromatic rings. The van der Waals surface area contributed by atoms with E-state index in [1.807, 2.05) is 0 Å². The maximum Gasteiger partial charge on any atom is 0.338 e. The molecule has 1 saturated carbocycles. The van der Waals surface area contributed by atoms with Crippen LogP contribution in [-0.2, 0) is 4.74 Å². The van der Waals surface area contributed by atoms with E-state index >= 15 is 0 Å². The Hall–Kier alpha value is -1.89. The highest BCUT2D eigenvalue weighted by Crippen LogP contribution is 2.48. The van der Waals surface area contributed by atoms with Gasteiger partial charge in [0, 0.05) is 11.8 Å². The monoisotopic (exact) mass is 233 g/mol. The van der Waals surface area contributed by atoms with Crippen LogP contribution < -0.4 is 0 Å². The summed E-state index contributed by atoms with van der Waals surface area (Å²) in [4.78, 5) is 11.6. The van der Waals surface area contributed by atoms with Crippen molar-refractivity contribution in [2.75, 3.05) is 6.61 Å². The maximum atomic E-state index is 12.6. The number of esters is 1. The summed E-state index contributed by atoms with van der Waals surface area (Å²) in [5.41, 5.74) is 0.212. The first kappa shape index (κ1) is 11.6. The van der Waals surface area contributed by atoms with Gasteiger partial charge in [-0.25, -0.2) is 9.18 Å². The van der Waals surface area contributed by atoms with E-state index in [0.29, 0.717) is 12.0 Å². The van der Waals surface area contributed by atoms with E-state index in [4.69, 9.17) is 10.00 Å². The molecule has 0 bridgehead atoms.